The van der Waals surface area contributed by atoms with Gasteiger partial charge < -0.3 is 10.5 Å². The predicted octanol–water partition coefficient (Wildman–Crippen LogP) is -0.975. The summed E-state index contributed by atoms with van der Waals surface area (Å²) in [6.45, 7) is 4.59. The lowest BCUT2D eigenvalue weighted by Gasteiger charge is -2.31. The molecule has 6 nitrogen and oxygen atoms in total. The molecule has 1 rings (SSSR count). The van der Waals surface area contributed by atoms with Crippen molar-refractivity contribution in [2.45, 2.75) is 26.0 Å². The van der Waals surface area contributed by atoms with Gasteiger partial charge in [0.2, 0.25) is 11.8 Å². The van der Waals surface area contributed by atoms with E-state index in [1.807, 2.05) is 0 Å². The Morgan fingerprint density at radius 1 is 1.71 bits per heavy atom. The number of imide groups is 1. The van der Waals surface area contributed by atoms with Gasteiger partial charge in [0.25, 0.3) is 0 Å². The van der Waals surface area contributed by atoms with Crippen LogP contribution < -0.4 is 11.1 Å². The van der Waals surface area contributed by atoms with Gasteiger partial charge in [-0.15, -0.1) is 0 Å². The lowest BCUT2D eigenvalue weighted by atomic mass is 10.2. The van der Waals surface area contributed by atoms with Gasteiger partial charge in [-0.05, 0) is 13.8 Å². The van der Waals surface area contributed by atoms with Crippen molar-refractivity contribution in [1.29, 1.82) is 0 Å². The molecule has 0 aromatic rings. The molecule has 2 amide bonds. The van der Waals surface area contributed by atoms with Crippen molar-refractivity contribution in [1.82, 2.24) is 10.2 Å². The summed E-state index contributed by atoms with van der Waals surface area (Å²) >= 11 is 4.77. The van der Waals surface area contributed by atoms with Crippen LogP contribution in [0.2, 0.25) is 0 Å². The quantitative estimate of drug-likeness (QED) is 0.488. The fourth-order valence-corrected chi connectivity index (χ4v) is 1.54. The monoisotopic (exact) mass is 259 g/mol. The maximum Gasteiger partial charge on any atom is 0.243 e. The highest BCUT2D eigenvalue weighted by molar-refractivity contribution is 7.80. The molecular weight excluding hydrogens is 242 g/mol. The molecule has 1 aliphatic heterocycles. The first kappa shape index (κ1) is 14.0. The van der Waals surface area contributed by atoms with E-state index in [0.29, 0.717) is 18.1 Å². The van der Waals surface area contributed by atoms with E-state index in [1.54, 1.807) is 18.7 Å². The van der Waals surface area contributed by atoms with E-state index in [2.05, 4.69) is 5.32 Å². The Labute approximate surface area is 105 Å². The molecule has 2 atom stereocenters. The number of carbonyl (C=O) groups excluding carboxylic acids is 2. The number of rotatable bonds is 5. The molecule has 0 aliphatic carbocycles. The molecule has 2 unspecified atom stereocenters. The second-order valence-corrected chi connectivity index (χ2v) is 4.45. The minimum Gasteiger partial charge on any atom is -0.391 e. The lowest BCUT2D eigenvalue weighted by molar-refractivity contribution is -0.139. The molecule has 3 N–H and O–H groups in total. The number of thiocarbonyl (C=S) groups is 1. The maximum atomic E-state index is 11.4. The first-order valence-corrected chi connectivity index (χ1v) is 5.81. The minimum atomic E-state index is -0.323. The van der Waals surface area contributed by atoms with E-state index in [1.165, 1.54) is 0 Å². The first-order valence-electron chi connectivity index (χ1n) is 5.40. The third kappa shape index (κ3) is 4.03. The van der Waals surface area contributed by atoms with Crippen LogP contribution in [0.5, 0.6) is 0 Å². The van der Waals surface area contributed by atoms with Crippen molar-refractivity contribution < 1.29 is 14.3 Å². The van der Waals surface area contributed by atoms with Gasteiger partial charge in [0.15, 0.2) is 0 Å². The van der Waals surface area contributed by atoms with Gasteiger partial charge in [0.1, 0.15) is 11.1 Å². The summed E-state index contributed by atoms with van der Waals surface area (Å²) in [5, 5.41) is 2.28. The molecule has 1 saturated heterocycles. The summed E-state index contributed by atoms with van der Waals surface area (Å²) < 4.78 is 5.37. The van der Waals surface area contributed by atoms with Crippen molar-refractivity contribution in [3.8, 4) is 0 Å². The van der Waals surface area contributed by atoms with Crippen LogP contribution in [0, 0.1) is 0 Å². The average molecular weight is 259 g/mol. The number of hydrogen-bond acceptors (Lipinski definition) is 5. The van der Waals surface area contributed by atoms with Crippen LogP contribution in [0.1, 0.15) is 13.8 Å². The molecule has 0 aromatic heterocycles. The van der Waals surface area contributed by atoms with Gasteiger partial charge in [-0.25, -0.2) is 0 Å². The Morgan fingerprint density at radius 2 is 2.35 bits per heavy atom. The second-order valence-electron chi connectivity index (χ2n) is 3.97. The minimum absolute atomic E-state index is 0.206. The first-order chi connectivity index (χ1) is 7.91. The van der Waals surface area contributed by atoms with Crippen molar-refractivity contribution >= 4 is 29.0 Å². The largest absolute Gasteiger partial charge is 0.391 e. The Kier molecular flexibility index (Phi) is 4.98. The molecule has 0 radical (unpaired) electrons. The number of carbonyl (C=O) groups is 2. The van der Waals surface area contributed by atoms with Gasteiger partial charge >= 0.3 is 0 Å². The molecule has 17 heavy (non-hydrogen) atoms. The van der Waals surface area contributed by atoms with E-state index in [0.717, 1.165) is 0 Å². The third-order valence-corrected chi connectivity index (χ3v) is 3.02. The van der Waals surface area contributed by atoms with Crippen molar-refractivity contribution in [3.05, 3.63) is 0 Å². The third-order valence-electron chi connectivity index (χ3n) is 2.68. The zero-order valence-electron chi connectivity index (χ0n) is 9.93. The Balaban J connectivity index is 2.37. The number of piperazine rings is 1. The predicted molar refractivity (Wildman–Crippen MR) is 66.4 cm³/mol. The van der Waals surface area contributed by atoms with Crippen LogP contribution in [-0.2, 0) is 14.3 Å². The zero-order valence-corrected chi connectivity index (χ0v) is 10.8. The smallest absolute Gasteiger partial charge is 0.243 e. The highest BCUT2D eigenvalue weighted by atomic mass is 32.1. The summed E-state index contributed by atoms with van der Waals surface area (Å²) in [6, 6.07) is -0.323. The second kappa shape index (κ2) is 6.04. The van der Waals surface area contributed by atoms with Gasteiger partial charge in [-0.3, -0.25) is 19.8 Å². The van der Waals surface area contributed by atoms with Crippen LogP contribution in [0.25, 0.3) is 0 Å². The van der Waals surface area contributed by atoms with Crippen LogP contribution in [-0.4, -0.2) is 53.5 Å². The molecular formula is C10H17N3O3S. The number of nitrogens with zero attached hydrogens (tertiary/aromatic N) is 1. The molecule has 0 spiro atoms. The van der Waals surface area contributed by atoms with Gasteiger partial charge in [0.05, 0.1) is 19.2 Å². The highest BCUT2D eigenvalue weighted by Crippen LogP contribution is 2.04. The fourth-order valence-electron chi connectivity index (χ4n) is 1.47. The SMILES string of the molecule is CC(OCCN1CC(=O)NC(=O)C1C)C(N)=S. The molecule has 96 valence electrons. The average Bonchev–Trinajstić information content (AvgIpc) is 2.24. The van der Waals surface area contributed by atoms with Crippen molar-refractivity contribution in [3.63, 3.8) is 0 Å². The normalized spacial score (nSPS) is 23.3. The standard InChI is InChI=1S/C10H17N3O3S/c1-6-10(15)12-8(14)5-13(6)3-4-16-7(2)9(11)17/h6-7H,3-5H2,1-2H3,(H2,11,17)(H,12,14,15). The maximum absolute atomic E-state index is 11.4. The zero-order chi connectivity index (χ0) is 13.0. The fraction of sp³-hybridized carbons (Fsp3) is 0.700. The summed E-state index contributed by atoms with van der Waals surface area (Å²) in [5.74, 6) is -0.556. The number of amides is 2. The number of hydrogen-bond donors (Lipinski definition) is 2. The molecule has 0 bridgehead atoms. The summed E-state index contributed by atoms with van der Waals surface area (Å²) in [4.78, 5) is 24.6. The van der Waals surface area contributed by atoms with Gasteiger partial charge in [-0.2, -0.15) is 0 Å². The van der Waals surface area contributed by atoms with Crippen LogP contribution in [0.3, 0.4) is 0 Å². The Morgan fingerprint density at radius 3 is 2.94 bits per heavy atom. The molecule has 1 fully saturated rings. The van der Waals surface area contributed by atoms with Crippen LogP contribution in [0.4, 0.5) is 0 Å². The molecule has 1 heterocycles. The topological polar surface area (TPSA) is 84.7 Å². The Bertz CT molecular complexity index is 335. The van der Waals surface area contributed by atoms with E-state index in [4.69, 9.17) is 22.7 Å². The highest BCUT2D eigenvalue weighted by Gasteiger charge is 2.29. The van der Waals surface area contributed by atoms with Crippen LogP contribution >= 0.6 is 12.2 Å². The molecule has 1 aliphatic rings. The van der Waals surface area contributed by atoms with Gasteiger partial charge in [-0.1, -0.05) is 12.2 Å². The van der Waals surface area contributed by atoms with Crippen molar-refractivity contribution in [2.24, 2.45) is 5.73 Å². The summed E-state index contributed by atoms with van der Waals surface area (Å²) in [5.41, 5.74) is 5.40. The lowest BCUT2D eigenvalue weighted by Crippen LogP contribution is -2.57. The van der Waals surface area contributed by atoms with E-state index < -0.39 is 0 Å². The van der Waals surface area contributed by atoms with Crippen LogP contribution in [0.15, 0.2) is 0 Å². The van der Waals surface area contributed by atoms with Gasteiger partial charge in [0, 0.05) is 6.54 Å². The van der Waals surface area contributed by atoms with E-state index in [-0.39, 0.29) is 30.5 Å². The Hall–Kier alpha value is -1.05. The summed E-state index contributed by atoms with van der Waals surface area (Å²) in [7, 11) is 0. The number of nitrogens with two attached hydrogens (primary N) is 1. The number of nitrogens with one attached hydrogen (secondary N) is 1. The number of ether oxygens (including phenoxy) is 1. The van der Waals surface area contributed by atoms with Crippen molar-refractivity contribution in [2.75, 3.05) is 19.7 Å². The summed E-state index contributed by atoms with van der Waals surface area (Å²) in [6.07, 6.45) is -0.297. The molecule has 7 heteroatoms. The molecule has 0 aromatic carbocycles. The van der Waals surface area contributed by atoms with E-state index >= 15 is 0 Å². The molecule has 0 saturated carbocycles. The van der Waals surface area contributed by atoms with E-state index in [9.17, 15) is 9.59 Å².